The van der Waals surface area contributed by atoms with Gasteiger partial charge in [-0.15, -0.1) is 0 Å². The van der Waals surface area contributed by atoms with Crippen LogP contribution in [0.2, 0.25) is 0 Å². The quantitative estimate of drug-likeness (QED) is 0.708. The molecule has 1 aliphatic carbocycles. The number of hydrogen-bond donors (Lipinski definition) is 0. The van der Waals surface area contributed by atoms with Gasteiger partial charge in [-0.05, 0) is 31.0 Å². The van der Waals surface area contributed by atoms with Gasteiger partial charge in [-0.1, -0.05) is 26.2 Å². The molecule has 1 aliphatic rings. The highest BCUT2D eigenvalue weighted by Gasteiger charge is 2.36. The van der Waals surface area contributed by atoms with Gasteiger partial charge in [0.1, 0.15) is 11.6 Å². The van der Waals surface area contributed by atoms with Crippen molar-refractivity contribution in [2.75, 3.05) is 0 Å². The highest BCUT2D eigenvalue weighted by atomic mass is 19.1. The summed E-state index contributed by atoms with van der Waals surface area (Å²) in [6.07, 6.45) is 4.62. The summed E-state index contributed by atoms with van der Waals surface area (Å²) in [5.74, 6) is -1.44. The van der Waals surface area contributed by atoms with Gasteiger partial charge in [-0.3, -0.25) is 4.79 Å². The standard InChI is InChI=1S/C14H16F2O/c1-14(7-3-2-4-8-14)13(17)11-9-10(15)5-6-12(11)16/h5-6,9H,2-4,7-8H2,1H3. The third-order valence-electron chi connectivity index (χ3n) is 3.68. The van der Waals surface area contributed by atoms with E-state index in [1.165, 1.54) is 0 Å². The molecule has 0 aliphatic heterocycles. The van der Waals surface area contributed by atoms with Crippen molar-refractivity contribution in [2.24, 2.45) is 5.41 Å². The van der Waals surface area contributed by atoms with Crippen LogP contribution in [0.15, 0.2) is 18.2 Å². The van der Waals surface area contributed by atoms with E-state index in [1.54, 1.807) is 0 Å². The molecule has 0 N–H and O–H groups in total. The van der Waals surface area contributed by atoms with Crippen LogP contribution < -0.4 is 0 Å². The zero-order valence-corrected chi connectivity index (χ0v) is 9.93. The van der Waals surface area contributed by atoms with Crippen molar-refractivity contribution < 1.29 is 13.6 Å². The van der Waals surface area contributed by atoms with Crippen LogP contribution in [0.1, 0.15) is 49.4 Å². The number of halogens is 2. The van der Waals surface area contributed by atoms with Gasteiger partial charge >= 0.3 is 0 Å². The average molecular weight is 238 g/mol. The fourth-order valence-electron chi connectivity index (χ4n) is 2.56. The lowest BCUT2D eigenvalue weighted by atomic mass is 9.71. The van der Waals surface area contributed by atoms with Gasteiger partial charge in [0, 0.05) is 5.41 Å². The van der Waals surface area contributed by atoms with Crippen LogP contribution in [0, 0.1) is 17.0 Å². The largest absolute Gasteiger partial charge is 0.293 e. The second-order valence-corrected chi connectivity index (χ2v) is 5.07. The Hall–Kier alpha value is -1.25. The number of benzene rings is 1. The molecule has 0 atom stereocenters. The maximum absolute atomic E-state index is 13.6. The van der Waals surface area contributed by atoms with E-state index < -0.39 is 17.0 Å². The third-order valence-corrected chi connectivity index (χ3v) is 3.68. The van der Waals surface area contributed by atoms with Crippen LogP contribution in [-0.4, -0.2) is 5.78 Å². The molecule has 1 aromatic carbocycles. The summed E-state index contributed by atoms with van der Waals surface area (Å²) in [5.41, 5.74) is -0.623. The molecule has 0 bridgehead atoms. The molecule has 1 fully saturated rings. The van der Waals surface area contributed by atoms with Crippen molar-refractivity contribution in [1.82, 2.24) is 0 Å². The number of ketones is 1. The van der Waals surface area contributed by atoms with Crippen molar-refractivity contribution in [3.63, 3.8) is 0 Å². The fraction of sp³-hybridized carbons (Fsp3) is 0.500. The summed E-state index contributed by atoms with van der Waals surface area (Å²) in [5, 5.41) is 0. The second-order valence-electron chi connectivity index (χ2n) is 5.07. The minimum atomic E-state index is -0.622. The van der Waals surface area contributed by atoms with E-state index in [4.69, 9.17) is 0 Å². The third kappa shape index (κ3) is 2.38. The van der Waals surface area contributed by atoms with E-state index in [9.17, 15) is 13.6 Å². The van der Waals surface area contributed by atoms with Crippen LogP contribution >= 0.6 is 0 Å². The fourth-order valence-corrected chi connectivity index (χ4v) is 2.56. The summed E-state index contributed by atoms with van der Waals surface area (Å²) < 4.78 is 26.6. The summed E-state index contributed by atoms with van der Waals surface area (Å²) in [4.78, 5) is 12.3. The molecule has 0 heterocycles. The first-order valence-electron chi connectivity index (χ1n) is 6.03. The Balaban J connectivity index is 2.32. The van der Waals surface area contributed by atoms with E-state index in [0.717, 1.165) is 50.3 Å². The molecule has 0 unspecified atom stereocenters. The van der Waals surface area contributed by atoms with Gasteiger partial charge in [-0.25, -0.2) is 8.78 Å². The first kappa shape index (κ1) is 12.2. The number of carbonyl (C=O) groups is 1. The van der Waals surface area contributed by atoms with Gasteiger partial charge < -0.3 is 0 Å². The van der Waals surface area contributed by atoms with Gasteiger partial charge in [0.05, 0.1) is 5.56 Å². The summed E-state index contributed by atoms with van der Waals surface area (Å²) in [6, 6.07) is 3.07. The molecule has 0 aromatic heterocycles. The predicted molar refractivity (Wildman–Crippen MR) is 61.9 cm³/mol. The van der Waals surface area contributed by atoms with Crippen molar-refractivity contribution in [2.45, 2.75) is 39.0 Å². The average Bonchev–Trinajstić information content (AvgIpc) is 2.32. The van der Waals surface area contributed by atoms with Crippen LogP contribution in [0.3, 0.4) is 0 Å². The Morgan fingerprint density at radius 3 is 2.47 bits per heavy atom. The molecule has 0 radical (unpaired) electrons. The first-order chi connectivity index (χ1) is 8.03. The highest BCUT2D eigenvalue weighted by Crippen LogP contribution is 2.39. The van der Waals surface area contributed by atoms with E-state index in [1.807, 2.05) is 6.92 Å². The van der Waals surface area contributed by atoms with Gasteiger partial charge in [0.15, 0.2) is 5.78 Å². The monoisotopic (exact) mass is 238 g/mol. The van der Waals surface area contributed by atoms with Gasteiger partial charge in [-0.2, -0.15) is 0 Å². The second kappa shape index (κ2) is 4.55. The van der Waals surface area contributed by atoms with Gasteiger partial charge in [0.25, 0.3) is 0 Å². The van der Waals surface area contributed by atoms with Crippen molar-refractivity contribution in [3.05, 3.63) is 35.4 Å². The summed E-state index contributed by atoms with van der Waals surface area (Å²) in [6.45, 7) is 1.86. The summed E-state index contributed by atoms with van der Waals surface area (Å²) >= 11 is 0. The Bertz CT molecular complexity index is 434. The molecule has 92 valence electrons. The highest BCUT2D eigenvalue weighted by molar-refractivity contribution is 6.00. The Kier molecular flexibility index (Phi) is 3.27. The van der Waals surface area contributed by atoms with Crippen LogP contribution in [0.25, 0.3) is 0 Å². The van der Waals surface area contributed by atoms with Gasteiger partial charge in [0.2, 0.25) is 0 Å². The molecule has 3 heteroatoms. The smallest absolute Gasteiger partial charge is 0.171 e. The van der Waals surface area contributed by atoms with E-state index in [-0.39, 0.29) is 11.3 Å². The van der Waals surface area contributed by atoms with Crippen LogP contribution in [-0.2, 0) is 0 Å². The van der Waals surface area contributed by atoms with E-state index >= 15 is 0 Å². The molecule has 0 spiro atoms. The zero-order chi connectivity index (χ0) is 12.5. The maximum atomic E-state index is 13.6. The topological polar surface area (TPSA) is 17.1 Å². The van der Waals surface area contributed by atoms with Crippen molar-refractivity contribution >= 4 is 5.78 Å². The summed E-state index contributed by atoms with van der Waals surface area (Å²) in [7, 11) is 0. The molecule has 2 rings (SSSR count). The van der Waals surface area contributed by atoms with Crippen molar-refractivity contribution in [3.8, 4) is 0 Å². The van der Waals surface area contributed by atoms with E-state index in [2.05, 4.69) is 0 Å². The molecular formula is C14H16F2O. The molecule has 1 aromatic rings. The molecule has 17 heavy (non-hydrogen) atoms. The van der Waals surface area contributed by atoms with Crippen LogP contribution in [0.4, 0.5) is 8.78 Å². The Labute approximate surface area is 99.8 Å². The Morgan fingerprint density at radius 1 is 1.18 bits per heavy atom. The number of rotatable bonds is 2. The minimum absolute atomic E-state index is 0.102. The number of hydrogen-bond acceptors (Lipinski definition) is 1. The first-order valence-corrected chi connectivity index (χ1v) is 6.03. The lowest BCUT2D eigenvalue weighted by molar-refractivity contribution is 0.0744. The zero-order valence-electron chi connectivity index (χ0n) is 9.93. The molecule has 1 nitrogen and oxygen atoms in total. The normalized spacial score (nSPS) is 19.0. The molecule has 0 amide bonds. The lowest BCUT2D eigenvalue weighted by Gasteiger charge is -2.32. The predicted octanol–water partition coefficient (Wildman–Crippen LogP) is 4.12. The molecule has 1 saturated carbocycles. The molecule has 0 saturated heterocycles. The number of Topliss-reactive ketones (excluding diaryl/α,β-unsaturated/α-hetero) is 1. The van der Waals surface area contributed by atoms with E-state index in [0.29, 0.717) is 0 Å². The SMILES string of the molecule is CC1(C(=O)c2cc(F)ccc2F)CCCCC1. The minimum Gasteiger partial charge on any atom is -0.293 e. The lowest BCUT2D eigenvalue weighted by Crippen LogP contribution is -2.31. The van der Waals surface area contributed by atoms with Crippen molar-refractivity contribution in [1.29, 1.82) is 0 Å². The molecular weight excluding hydrogens is 222 g/mol. The Morgan fingerprint density at radius 2 is 1.82 bits per heavy atom. The van der Waals surface area contributed by atoms with Crippen LogP contribution in [0.5, 0.6) is 0 Å². The number of carbonyl (C=O) groups excluding carboxylic acids is 1. The maximum Gasteiger partial charge on any atom is 0.171 e.